The van der Waals surface area contributed by atoms with Crippen LogP contribution < -0.4 is 5.12 Å². The summed E-state index contributed by atoms with van der Waals surface area (Å²) in [6, 6.07) is 17.1. The average Bonchev–Trinajstić information content (AvgIpc) is 3.01. The molecule has 3 aromatic rings. The van der Waals surface area contributed by atoms with E-state index in [2.05, 4.69) is 4.98 Å². The van der Waals surface area contributed by atoms with Crippen LogP contribution in [0, 0.1) is 0 Å². The van der Waals surface area contributed by atoms with Crippen LogP contribution in [-0.2, 0) is 13.1 Å². The van der Waals surface area contributed by atoms with Crippen LogP contribution in [0.2, 0.25) is 0 Å². The minimum atomic E-state index is 0.245. The van der Waals surface area contributed by atoms with Crippen LogP contribution in [0.1, 0.15) is 11.1 Å². The second-order valence-electron chi connectivity index (χ2n) is 4.91. The third-order valence-corrected chi connectivity index (χ3v) is 3.28. The highest BCUT2D eigenvalue weighted by molar-refractivity contribution is 5.46. The summed E-state index contributed by atoms with van der Waals surface area (Å²) in [6.07, 6.45) is 5.38. The summed E-state index contributed by atoms with van der Waals surface area (Å²) in [4.78, 5) is 4.01. The van der Waals surface area contributed by atoms with Crippen LogP contribution in [0.25, 0.3) is 0 Å². The smallest absolute Gasteiger partial charge is 0.0949 e. The lowest BCUT2D eigenvalue weighted by Gasteiger charge is -2.15. The molecule has 0 unspecified atom stereocenters. The summed E-state index contributed by atoms with van der Waals surface area (Å²) in [6.45, 7) is 0.933. The highest BCUT2D eigenvalue weighted by Gasteiger charge is 2.07. The molecular weight excluding hydrogens is 265 g/mol. The zero-order valence-corrected chi connectivity index (χ0v) is 11.6. The van der Waals surface area contributed by atoms with Crippen molar-refractivity contribution < 1.29 is 4.48 Å². The monoisotopic (exact) mass is 281 g/mol. The van der Waals surface area contributed by atoms with E-state index in [4.69, 9.17) is 0 Å². The molecule has 0 atom stereocenters. The minimum Gasteiger partial charge on any atom is -0.333 e. The van der Waals surface area contributed by atoms with E-state index in [1.807, 2.05) is 59.3 Å². The molecule has 0 aliphatic heterocycles. The number of nitrogens with zero attached hydrogens (tertiary/aromatic N) is 3. The lowest BCUT2D eigenvalue weighted by Crippen LogP contribution is -2.11. The number of hydrogen-bond acceptors (Lipinski definition) is 2. The fourth-order valence-corrected chi connectivity index (χ4v) is 2.23. The molecule has 2 aromatic carbocycles. The Labute approximate surface area is 123 Å². The molecule has 0 saturated carbocycles. The lowest BCUT2D eigenvalue weighted by molar-refractivity contribution is 0.429. The Balaban J connectivity index is 1.73. The Morgan fingerprint density at radius 3 is 2.57 bits per heavy atom. The van der Waals surface area contributed by atoms with Crippen LogP contribution in [-0.4, -0.2) is 9.55 Å². The number of imidazole rings is 1. The molecule has 1 heterocycles. The number of hydrogen-bond donors (Lipinski definition) is 0. The van der Waals surface area contributed by atoms with Crippen LogP contribution >= 0.6 is 0 Å². The van der Waals surface area contributed by atoms with Crippen molar-refractivity contribution in [3.05, 3.63) is 84.4 Å². The minimum absolute atomic E-state index is 0.245. The highest BCUT2D eigenvalue weighted by Crippen LogP contribution is 2.19. The first-order valence-electron chi connectivity index (χ1n) is 6.83. The second kappa shape index (κ2) is 6.22. The predicted molar refractivity (Wildman–Crippen MR) is 81.5 cm³/mol. The van der Waals surface area contributed by atoms with Gasteiger partial charge in [0.2, 0.25) is 0 Å². The quantitative estimate of drug-likeness (QED) is 0.663. The van der Waals surface area contributed by atoms with Crippen molar-refractivity contribution in [2.75, 3.05) is 5.12 Å². The molecule has 4 heteroatoms. The van der Waals surface area contributed by atoms with Gasteiger partial charge in [-0.1, -0.05) is 46.9 Å². The maximum absolute atomic E-state index is 14.3. The zero-order valence-electron chi connectivity index (χ0n) is 11.6. The van der Waals surface area contributed by atoms with Gasteiger partial charge in [-0.3, -0.25) is 0 Å². The maximum Gasteiger partial charge on any atom is 0.0949 e. The summed E-state index contributed by atoms with van der Waals surface area (Å²) in [5, 5.41) is 0.771. The van der Waals surface area contributed by atoms with Gasteiger partial charge in [0.15, 0.2) is 0 Å². The molecule has 0 N–H and O–H groups in total. The maximum atomic E-state index is 14.3. The number of benzene rings is 2. The zero-order chi connectivity index (χ0) is 14.5. The van der Waals surface area contributed by atoms with Gasteiger partial charge in [0.25, 0.3) is 0 Å². The van der Waals surface area contributed by atoms with E-state index in [1.54, 1.807) is 18.6 Å². The first-order chi connectivity index (χ1) is 10.3. The molecule has 1 aromatic heterocycles. The van der Waals surface area contributed by atoms with Crippen LogP contribution in [0.15, 0.2) is 73.3 Å². The van der Waals surface area contributed by atoms with Gasteiger partial charge in [-0.2, -0.15) is 0 Å². The van der Waals surface area contributed by atoms with E-state index in [9.17, 15) is 4.48 Å². The van der Waals surface area contributed by atoms with Crippen molar-refractivity contribution in [2.45, 2.75) is 13.1 Å². The Kier molecular flexibility index (Phi) is 3.96. The van der Waals surface area contributed by atoms with Gasteiger partial charge >= 0.3 is 0 Å². The Morgan fingerprint density at radius 1 is 1.00 bits per heavy atom. The number of halogens is 1. The first-order valence-corrected chi connectivity index (χ1v) is 6.83. The fraction of sp³-hybridized carbons (Fsp3) is 0.118. The molecular formula is C17H16FN3. The number of rotatable bonds is 5. The number of aromatic nitrogens is 2. The SMILES string of the molecule is FN(Cc1ccccc1)c1cccc(Cn2ccnc2)c1. The Bertz CT molecular complexity index is 680. The van der Waals surface area contributed by atoms with E-state index in [1.165, 1.54) is 0 Å². The second-order valence-corrected chi connectivity index (χ2v) is 4.91. The molecule has 0 saturated heterocycles. The molecule has 21 heavy (non-hydrogen) atoms. The summed E-state index contributed by atoms with van der Waals surface area (Å²) in [5.41, 5.74) is 2.55. The molecule has 3 nitrogen and oxygen atoms in total. The van der Waals surface area contributed by atoms with Crippen molar-refractivity contribution >= 4 is 5.69 Å². The van der Waals surface area contributed by atoms with Crippen molar-refractivity contribution in [3.63, 3.8) is 0 Å². The Hall–Kier alpha value is -2.62. The average molecular weight is 281 g/mol. The highest BCUT2D eigenvalue weighted by atomic mass is 19.2. The molecule has 0 fully saturated rings. The van der Waals surface area contributed by atoms with Gasteiger partial charge in [-0.05, 0) is 23.3 Å². The first kappa shape index (κ1) is 13.4. The predicted octanol–water partition coefficient (Wildman–Crippen LogP) is 3.82. The topological polar surface area (TPSA) is 21.1 Å². The summed E-state index contributed by atoms with van der Waals surface area (Å²) < 4.78 is 16.3. The van der Waals surface area contributed by atoms with E-state index in [-0.39, 0.29) is 6.54 Å². The molecule has 0 radical (unpaired) electrons. The summed E-state index contributed by atoms with van der Waals surface area (Å²) in [5.74, 6) is 0. The fourth-order valence-electron chi connectivity index (χ4n) is 2.23. The molecule has 3 rings (SSSR count). The van der Waals surface area contributed by atoms with Crippen molar-refractivity contribution in [2.24, 2.45) is 0 Å². The van der Waals surface area contributed by atoms with Crippen molar-refractivity contribution in [1.29, 1.82) is 0 Å². The third kappa shape index (κ3) is 3.48. The van der Waals surface area contributed by atoms with Gasteiger partial charge < -0.3 is 4.57 Å². The van der Waals surface area contributed by atoms with Crippen molar-refractivity contribution in [1.82, 2.24) is 9.55 Å². The number of anilines is 1. The van der Waals surface area contributed by atoms with E-state index < -0.39 is 0 Å². The largest absolute Gasteiger partial charge is 0.333 e. The van der Waals surface area contributed by atoms with Gasteiger partial charge in [-0.15, -0.1) is 0 Å². The van der Waals surface area contributed by atoms with E-state index in [0.717, 1.165) is 16.2 Å². The normalized spacial score (nSPS) is 10.5. The van der Waals surface area contributed by atoms with Gasteiger partial charge in [-0.25, -0.2) is 10.1 Å². The molecule has 0 aliphatic carbocycles. The molecule has 0 amide bonds. The van der Waals surface area contributed by atoms with Crippen molar-refractivity contribution in [3.8, 4) is 0 Å². The summed E-state index contributed by atoms with van der Waals surface area (Å²) in [7, 11) is 0. The Morgan fingerprint density at radius 2 is 1.81 bits per heavy atom. The van der Waals surface area contributed by atoms with Crippen LogP contribution in [0.4, 0.5) is 10.2 Å². The van der Waals surface area contributed by atoms with E-state index >= 15 is 0 Å². The van der Waals surface area contributed by atoms with Gasteiger partial charge in [0, 0.05) is 18.9 Å². The van der Waals surface area contributed by atoms with Crippen LogP contribution in [0.3, 0.4) is 0 Å². The van der Waals surface area contributed by atoms with Gasteiger partial charge in [0.05, 0.1) is 18.6 Å². The summed E-state index contributed by atoms with van der Waals surface area (Å²) >= 11 is 0. The van der Waals surface area contributed by atoms with Crippen LogP contribution in [0.5, 0.6) is 0 Å². The molecule has 0 bridgehead atoms. The third-order valence-electron chi connectivity index (χ3n) is 3.28. The van der Waals surface area contributed by atoms with Gasteiger partial charge in [0.1, 0.15) is 0 Å². The molecule has 106 valence electrons. The standard InChI is InChI=1S/C17H16FN3/c18-21(13-15-5-2-1-3-6-15)17-8-4-7-16(11-17)12-20-10-9-19-14-20/h1-11,14H,12-13H2. The molecule has 0 aliphatic rings. The molecule has 0 spiro atoms. The van der Waals surface area contributed by atoms with E-state index in [0.29, 0.717) is 12.2 Å². The lowest BCUT2D eigenvalue weighted by atomic mass is 10.2.